The molecule has 0 spiro atoms. The lowest BCUT2D eigenvalue weighted by Crippen LogP contribution is -1.56. The molecular formula is C3H7NS. The molecule has 0 heterocycles. The second-order valence-electron chi connectivity index (χ2n) is 0.994. The van der Waals surface area contributed by atoms with Crippen LogP contribution in [-0.2, 0) is 0 Å². The predicted octanol–water partition coefficient (Wildman–Crippen LogP) is 0.728. The van der Waals surface area contributed by atoms with Gasteiger partial charge in [-0.05, 0) is 12.5 Å². The molecule has 0 bridgehead atoms. The fraction of sp³-hybridized carbons (Fsp3) is 0.667. The number of rotatable bonds is 0. The zero-order valence-electron chi connectivity index (χ0n) is 3.39. The van der Waals surface area contributed by atoms with E-state index >= 15 is 0 Å². The number of hydrogen-bond donors (Lipinski definition) is 1. The van der Waals surface area contributed by atoms with Gasteiger partial charge in [0.1, 0.15) is 5.40 Å². The summed E-state index contributed by atoms with van der Waals surface area (Å²) in [6.45, 7) is 0. The van der Waals surface area contributed by atoms with Crippen LogP contribution in [0.4, 0.5) is 0 Å². The van der Waals surface area contributed by atoms with Crippen LogP contribution in [-0.4, -0.2) is 12.5 Å². The first-order valence-corrected chi connectivity index (χ1v) is 3.58. The maximum Gasteiger partial charge on any atom is 0.110 e. The Morgan fingerprint density at radius 2 is 1.80 bits per heavy atom. The van der Waals surface area contributed by atoms with Crippen molar-refractivity contribution in [1.82, 2.24) is 0 Å². The first-order chi connectivity index (χ1) is 2.27. The zero-order chi connectivity index (χ0) is 4.28. The van der Waals surface area contributed by atoms with E-state index in [9.17, 15) is 0 Å². The lowest BCUT2D eigenvalue weighted by atomic mass is 11.8. The van der Waals surface area contributed by atoms with Crippen molar-refractivity contribution in [2.75, 3.05) is 12.5 Å². The topological polar surface area (TPSA) is 23.8 Å². The van der Waals surface area contributed by atoms with Crippen molar-refractivity contribution in [3.8, 4) is 5.40 Å². The van der Waals surface area contributed by atoms with E-state index < -0.39 is 0 Å². The van der Waals surface area contributed by atoms with Crippen molar-refractivity contribution in [2.24, 2.45) is 0 Å². The molecule has 0 aliphatic rings. The number of nitrogens with zero attached hydrogens (tertiary/aromatic N) is 1. The van der Waals surface area contributed by atoms with Gasteiger partial charge in [0.25, 0.3) is 0 Å². The van der Waals surface area contributed by atoms with E-state index in [0.29, 0.717) is 0 Å². The van der Waals surface area contributed by atoms with Crippen LogP contribution in [0.5, 0.6) is 0 Å². The summed E-state index contributed by atoms with van der Waals surface area (Å²) < 4.78 is 0. The molecule has 0 radical (unpaired) electrons. The Morgan fingerprint density at radius 3 is 1.80 bits per heavy atom. The molecular weight excluding hydrogens is 82.1 g/mol. The highest BCUT2D eigenvalue weighted by molar-refractivity contribution is 8.19. The molecule has 2 heteroatoms. The Morgan fingerprint density at radius 1 is 1.60 bits per heavy atom. The number of thiocyanates is 1. The van der Waals surface area contributed by atoms with Crippen LogP contribution in [0.1, 0.15) is 0 Å². The smallest absolute Gasteiger partial charge is 0.110 e. The summed E-state index contributed by atoms with van der Waals surface area (Å²) in [7, 11) is -0.293. The average Bonchev–Trinajstić information content (AvgIpc) is 1.38. The van der Waals surface area contributed by atoms with E-state index in [2.05, 4.69) is 5.40 Å². The average molecular weight is 89.2 g/mol. The van der Waals surface area contributed by atoms with Gasteiger partial charge >= 0.3 is 0 Å². The molecule has 5 heavy (non-hydrogen) atoms. The van der Waals surface area contributed by atoms with Gasteiger partial charge in [0.05, 0.1) is 0 Å². The van der Waals surface area contributed by atoms with Gasteiger partial charge in [0, 0.05) is 0 Å². The third-order valence-electron chi connectivity index (χ3n) is 0.200. The van der Waals surface area contributed by atoms with Gasteiger partial charge in [-0.2, -0.15) is 16.2 Å². The third kappa shape index (κ3) is 3.84. The van der Waals surface area contributed by atoms with Crippen molar-refractivity contribution in [3.05, 3.63) is 0 Å². The van der Waals surface area contributed by atoms with Crippen molar-refractivity contribution < 1.29 is 0 Å². The summed E-state index contributed by atoms with van der Waals surface area (Å²) >= 11 is 0. The molecule has 0 aromatic heterocycles. The Labute approximate surface area is 35.0 Å². The zero-order valence-corrected chi connectivity index (χ0v) is 4.29. The molecule has 0 amide bonds. The van der Waals surface area contributed by atoms with Gasteiger partial charge < -0.3 is 0 Å². The summed E-state index contributed by atoms with van der Waals surface area (Å²) in [4.78, 5) is 0. The van der Waals surface area contributed by atoms with Gasteiger partial charge in [-0.3, -0.25) is 0 Å². The minimum atomic E-state index is -0.293. The molecule has 0 fully saturated rings. The lowest BCUT2D eigenvalue weighted by molar-refractivity contribution is 1.57. The van der Waals surface area contributed by atoms with Crippen LogP contribution in [0.25, 0.3) is 0 Å². The van der Waals surface area contributed by atoms with Crippen molar-refractivity contribution in [3.63, 3.8) is 0 Å². The summed E-state index contributed by atoms with van der Waals surface area (Å²) in [5.74, 6) is 0. The summed E-state index contributed by atoms with van der Waals surface area (Å²) in [6, 6.07) is 0. The van der Waals surface area contributed by atoms with Crippen LogP contribution in [0.15, 0.2) is 0 Å². The standard InChI is InChI=1S/C3H7NS/c1-5(2)3-4/h5H,1-2H3. The van der Waals surface area contributed by atoms with E-state index in [1.54, 1.807) is 0 Å². The fourth-order valence-electron chi connectivity index (χ4n) is 0. The van der Waals surface area contributed by atoms with E-state index in [1.165, 1.54) is 0 Å². The molecule has 0 aliphatic heterocycles. The summed E-state index contributed by atoms with van der Waals surface area (Å²) in [5, 5.41) is 10.0. The van der Waals surface area contributed by atoms with Gasteiger partial charge in [-0.1, -0.05) is 0 Å². The van der Waals surface area contributed by atoms with Crippen molar-refractivity contribution in [1.29, 1.82) is 5.26 Å². The molecule has 0 saturated heterocycles. The second-order valence-corrected chi connectivity index (χ2v) is 2.98. The molecule has 0 aliphatic carbocycles. The van der Waals surface area contributed by atoms with Crippen LogP contribution in [0.2, 0.25) is 0 Å². The molecule has 0 unspecified atom stereocenters. The number of hydrogen-bond acceptors (Lipinski definition) is 1. The van der Waals surface area contributed by atoms with E-state index in [1.807, 2.05) is 12.5 Å². The maximum absolute atomic E-state index is 7.92. The molecule has 0 rings (SSSR count). The molecule has 0 N–H and O–H groups in total. The predicted molar refractivity (Wildman–Crippen MR) is 26.4 cm³/mol. The Balaban J connectivity index is 2.94. The number of thiol groups is 1. The molecule has 30 valence electrons. The molecule has 0 aromatic carbocycles. The first kappa shape index (κ1) is 4.84. The summed E-state index contributed by atoms with van der Waals surface area (Å²) in [5.41, 5.74) is 0. The van der Waals surface area contributed by atoms with Crippen LogP contribution in [0.3, 0.4) is 0 Å². The second kappa shape index (κ2) is 2.10. The fourth-order valence-corrected chi connectivity index (χ4v) is 0. The van der Waals surface area contributed by atoms with Crippen LogP contribution in [0, 0.1) is 10.7 Å². The SMILES string of the molecule is C[SH](C)C#N. The van der Waals surface area contributed by atoms with Gasteiger partial charge in [0.2, 0.25) is 0 Å². The Bertz CT molecular complexity index is 52.4. The number of nitriles is 1. The van der Waals surface area contributed by atoms with Crippen molar-refractivity contribution in [2.45, 2.75) is 0 Å². The quantitative estimate of drug-likeness (QED) is 0.343. The minimum Gasteiger partial charge on any atom is -0.187 e. The van der Waals surface area contributed by atoms with E-state index in [4.69, 9.17) is 5.26 Å². The van der Waals surface area contributed by atoms with E-state index in [0.717, 1.165) is 0 Å². The normalized spacial score (nSPS) is 9.40. The molecule has 0 atom stereocenters. The lowest BCUT2D eigenvalue weighted by Gasteiger charge is -1.84. The highest BCUT2D eigenvalue weighted by atomic mass is 32.2. The molecule has 0 saturated carbocycles. The van der Waals surface area contributed by atoms with E-state index in [-0.39, 0.29) is 10.9 Å². The monoisotopic (exact) mass is 89.0 g/mol. The van der Waals surface area contributed by atoms with Gasteiger partial charge in [-0.25, -0.2) is 0 Å². The van der Waals surface area contributed by atoms with Crippen molar-refractivity contribution >= 4 is 10.9 Å². The first-order valence-electron chi connectivity index (χ1n) is 1.34. The van der Waals surface area contributed by atoms with Crippen LogP contribution >= 0.6 is 10.9 Å². The molecule has 0 aromatic rings. The largest absolute Gasteiger partial charge is 0.187 e. The maximum atomic E-state index is 7.92. The highest BCUT2D eigenvalue weighted by Gasteiger charge is 1.70. The van der Waals surface area contributed by atoms with Gasteiger partial charge in [-0.15, -0.1) is 0 Å². The highest BCUT2D eigenvalue weighted by Crippen LogP contribution is 2.06. The van der Waals surface area contributed by atoms with Crippen LogP contribution < -0.4 is 0 Å². The summed E-state index contributed by atoms with van der Waals surface area (Å²) in [6.07, 6.45) is 3.85. The Hall–Kier alpha value is -0.160. The minimum absolute atomic E-state index is 0.293. The molecule has 1 nitrogen and oxygen atoms in total. The Kier molecular flexibility index (Phi) is 2.03. The third-order valence-corrected chi connectivity index (χ3v) is 0.600. The van der Waals surface area contributed by atoms with Gasteiger partial charge in [0.15, 0.2) is 0 Å².